The Bertz CT molecular complexity index is 482. The first-order chi connectivity index (χ1) is 10.0. The average molecular weight is 292 g/mol. The number of ether oxygens (including phenoxy) is 1. The van der Waals surface area contributed by atoms with Crippen LogP contribution in [0.15, 0.2) is 24.3 Å². The van der Waals surface area contributed by atoms with E-state index in [4.69, 9.17) is 4.74 Å². The van der Waals surface area contributed by atoms with E-state index in [0.717, 1.165) is 25.7 Å². The van der Waals surface area contributed by atoms with E-state index in [9.17, 15) is 9.90 Å². The zero-order valence-corrected chi connectivity index (χ0v) is 12.7. The molecule has 0 spiro atoms. The molecule has 1 aromatic carbocycles. The molecule has 0 radical (unpaired) electrons. The number of carbonyl (C=O) groups is 1. The van der Waals surface area contributed by atoms with Crippen molar-refractivity contribution in [2.75, 3.05) is 11.9 Å². The predicted octanol–water partition coefficient (Wildman–Crippen LogP) is 2.90. The lowest BCUT2D eigenvalue weighted by Crippen LogP contribution is -2.50. The number of hydrogen-bond donors (Lipinski definition) is 3. The second kappa shape index (κ2) is 6.80. The molecule has 0 heterocycles. The maximum absolute atomic E-state index is 12.2. The largest absolute Gasteiger partial charge is 0.489 e. The van der Waals surface area contributed by atoms with Crippen molar-refractivity contribution in [2.45, 2.75) is 51.2 Å². The van der Waals surface area contributed by atoms with E-state index in [0.29, 0.717) is 11.4 Å². The minimum absolute atomic E-state index is 0.0233. The highest BCUT2D eigenvalue weighted by Crippen LogP contribution is 2.30. The maximum Gasteiger partial charge on any atom is 0.319 e. The molecule has 21 heavy (non-hydrogen) atoms. The van der Waals surface area contributed by atoms with Crippen molar-refractivity contribution in [3.8, 4) is 5.75 Å². The lowest BCUT2D eigenvalue weighted by molar-refractivity contribution is 0.167. The number of urea groups is 1. The first-order valence-corrected chi connectivity index (χ1v) is 7.50. The lowest BCUT2D eigenvalue weighted by Gasteiger charge is -2.28. The van der Waals surface area contributed by atoms with Gasteiger partial charge in [0.1, 0.15) is 5.75 Å². The Balaban J connectivity index is 2.02. The standard InChI is InChI=1S/C16H24N2O3/c1-12(2)21-14-8-4-3-7-13(14)17-15(20)18-16(11-19)9-5-6-10-16/h3-4,7-8,12,19H,5-6,9-11H2,1-2H3,(H2,17,18,20). The third kappa shape index (κ3) is 4.11. The van der Waals surface area contributed by atoms with E-state index < -0.39 is 5.54 Å². The Kier molecular flexibility index (Phi) is 5.07. The van der Waals surface area contributed by atoms with Crippen LogP contribution in [0.3, 0.4) is 0 Å². The molecule has 0 aliphatic heterocycles. The minimum atomic E-state index is -0.474. The Morgan fingerprint density at radius 1 is 1.33 bits per heavy atom. The number of carbonyl (C=O) groups excluding carboxylic acids is 1. The summed E-state index contributed by atoms with van der Waals surface area (Å²) in [5.74, 6) is 0.645. The van der Waals surface area contributed by atoms with Crippen LogP contribution in [-0.2, 0) is 0 Å². The van der Waals surface area contributed by atoms with Gasteiger partial charge in [0.05, 0.1) is 23.9 Å². The molecule has 1 aromatic rings. The molecule has 5 nitrogen and oxygen atoms in total. The summed E-state index contributed by atoms with van der Waals surface area (Å²) in [5, 5.41) is 15.3. The molecular weight excluding hydrogens is 268 g/mol. The van der Waals surface area contributed by atoms with E-state index in [1.807, 2.05) is 32.0 Å². The second-order valence-corrected chi connectivity index (χ2v) is 5.89. The van der Waals surface area contributed by atoms with E-state index in [1.165, 1.54) is 0 Å². The molecule has 1 saturated carbocycles. The second-order valence-electron chi connectivity index (χ2n) is 5.89. The summed E-state index contributed by atoms with van der Waals surface area (Å²) >= 11 is 0. The zero-order valence-electron chi connectivity index (χ0n) is 12.7. The normalized spacial score (nSPS) is 16.8. The molecule has 1 fully saturated rings. The Morgan fingerprint density at radius 2 is 2.00 bits per heavy atom. The number of nitrogens with one attached hydrogen (secondary N) is 2. The van der Waals surface area contributed by atoms with Crippen molar-refractivity contribution in [3.05, 3.63) is 24.3 Å². The molecule has 5 heteroatoms. The predicted molar refractivity (Wildman–Crippen MR) is 82.6 cm³/mol. The van der Waals surface area contributed by atoms with Crippen LogP contribution in [0, 0.1) is 0 Å². The van der Waals surface area contributed by atoms with Gasteiger partial charge in [0.15, 0.2) is 0 Å². The smallest absolute Gasteiger partial charge is 0.319 e. The highest BCUT2D eigenvalue weighted by atomic mass is 16.5. The van der Waals surface area contributed by atoms with Gasteiger partial charge in [-0.25, -0.2) is 4.79 Å². The fourth-order valence-corrected chi connectivity index (χ4v) is 2.70. The highest BCUT2D eigenvalue weighted by molar-refractivity contribution is 5.91. The molecule has 2 amide bonds. The summed E-state index contributed by atoms with van der Waals surface area (Å²) in [7, 11) is 0. The van der Waals surface area contributed by atoms with E-state index in [-0.39, 0.29) is 18.7 Å². The minimum Gasteiger partial charge on any atom is -0.489 e. The fraction of sp³-hybridized carbons (Fsp3) is 0.562. The van der Waals surface area contributed by atoms with Gasteiger partial charge in [-0.3, -0.25) is 0 Å². The Morgan fingerprint density at radius 3 is 2.62 bits per heavy atom. The van der Waals surface area contributed by atoms with Gasteiger partial charge in [-0.05, 0) is 38.8 Å². The fourth-order valence-electron chi connectivity index (χ4n) is 2.70. The molecule has 3 N–H and O–H groups in total. The third-order valence-electron chi connectivity index (χ3n) is 3.74. The van der Waals surface area contributed by atoms with Crippen LogP contribution in [0.4, 0.5) is 10.5 Å². The van der Waals surface area contributed by atoms with Crippen molar-refractivity contribution < 1.29 is 14.6 Å². The van der Waals surface area contributed by atoms with Crippen molar-refractivity contribution in [1.82, 2.24) is 5.32 Å². The van der Waals surface area contributed by atoms with Crippen LogP contribution >= 0.6 is 0 Å². The highest BCUT2D eigenvalue weighted by Gasteiger charge is 2.34. The Hall–Kier alpha value is -1.75. The van der Waals surface area contributed by atoms with Crippen molar-refractivity contribution in [1.29, 1.82) is 0 Å². The van der Waals surface area contributed by atoms with Gasteiger partial charge in [0, 0.05) is 0 Å². The SMILES string of the molecule is CC(C)Oc1ccccc1NC(=O)NC1(CO)CCCC1. The molecule has 0 saturated heterocycles. The molecule has 0 atom stereocenters. The van der Waals surface area contributed by atoms with Crippen molar-refractivity contribution in [3.63, 3.8) is 0 Å². The monoisotopic (exact) mass is 292 g/mol. The van der Waals surface area contributed by atoms with Gasteiger partial charge in [-0.1, -0.05) is 25.0 Å². The van der Waals surface area contributed by atoms with Crippen LogP contribution in [0.1, 0.15) is 39.5 Å². The van der Waals surface area contributed by atoms with Crippen molar-refractivity contribution in [2.24, 2.45) is 0 Å². The zero-order chi connectivity index (χ0) is 15.3. The third-order valence-corrected chi connectivity index (χ3v) is 3.74. The van der Waals surface area contributed by atoms with Crippen molar-refractivity contribution >= 4 is 11.7 Å². The van der Waals surface area contributed by atoms with Gasteiger partial charge >= 0.3 is 6.03 Å². The number of aliphatic hydroxyl groups excluding tert-OH is 1. The van der Waals surface area contributed by atoms with Crippen LogP contribution < -0.4 is 15.4 Å². The maximum atomic E-state index is 12.2. The van der Waals surface area contributed by atoms with E-state index in [1.54, 1.807) is 6.07 Å². The first-order valence-electron chi connectivity index (χ1n) is 7.50. The first kappa shape index (κ1) is 15.6. The molecule has 2 rings (SSSR count). The number of aliphatic hydroxyl groups is 1. The average Bonchev–Trinajstić information content (AvgIpc) is 2.89. The van der Waals surface area contributed by atoms with Crippen LogP contribution in [0.25, 0.3) is 0 Å². The molecule has 0 bridgehead atoms. The molecule has 1 aliphatic carbocycles. The number of hydrogen-bond acceptors (Lipinski definition) is 3. The number of para-hydroxylation sites is 2. The Labute approximate surface area is 125 Å². The van der Waals surface area contributed by atoms with Crippen LogP contribution in [0.2, 0.25) is 0 Å². The summed E-state index contributed by atoms with van der Waals surface area (Å²) in [6.45, 7) is 3.86. The van der Waals surface area contributed by atoms with Crippen LogP contribution in [-0.4, -0.2) is 29.4 Å². The van der Waals surface area contributed by atoms with Gasteiger partial charge in [0.25, 0.3) is 0 Å². The number of amides is 2. The molecule has 0 unspecified atom stereocenters. The number of rotatable bonds is 5. The van der Waals surface area contributed by atoms with Crippen LogP contribution in [0.5, 0.6) is 5.75 Å². The number of benzene rings is 1. The quantitative estimate of drug-likeness (QED) is 0.781. The summed E-state index contributed by atoms with van der Waals surface area (Å²) in [5.41, 5.74) is 0.160. The van der Waals surface area contributed by atoms with E-state index in [2.05, 4.69) is 10.6 Å². The van der Waals surface area contributed by atoms with Gasteiger partial charge < -0.3 is 20.5 Å². The van der Waals surface area contributed by atoms with Gasteiger partial charge in [-0.2, -0.15) is 0 Å². The summed E-state index contributed by atoms with van der Waals surface area (Å²) in [4.78, 5) is 12.2. The lowest BCUT2D eigenvalue weighted by atomic mass is 9.99. The summed E-state index contributed by atoms with van der Waals surface area (Å²) in [6, 6.07) is 7.04. The molecule has 0 aromatic heterocycles. The summed E-state index contributed by atoms with van der Waals surface area (Å²) < 4.78 is 5.68. The van der Waals surface area contributed by atoms with E-state index >= 15 is 0 Å². The molecule has 116 valence electrons. The van der Waals surface area contributed by atoms with Gasteiger partial charge in [0.2, 0.25) is 0 Å². The van der Waals surface area contributed by atoms with Gasteiger partial charge in [-0.15, -0.1) is 0 Å². The topological polar surface area (TPSA) is 70.6 Å². The molecule has 1 aliphatic rings. The molecular formula is C16H24N2O3. The summed E-state index contributed by atoms with van der Waals surface area (Å²) in [6.07, 6.45) is 3.75. The number of anilines is 1.